The summed E-state index contributed by atoms with van der Waals surface area (Å²) in [5.74, 6) is 4.05. The number of carbonyl (C=O) groups is 1. The van der Waals surface area contributed by atoms with Gasteiger partial charge >= 0.3 is 65.1 Å². The van der Waals surface area contributed by atoms with E-state index >= 15 is 0 Å². The number of rotatable bonds is 1. The van der Waals surface area contributed by atoms with Crippen LogP contribution in [0, 0.1) is 0 Å². The number of nitrogens with two attached hydrogens (primary N) is 1. The van der Waals surface area contributed by atoms with Crippen LogP contribution in [-0.4, -0.2) is 5.97 Å². The first-order valence-electron chi connectivity index (χ1n) is 1.70. The van der Waals surface area contributed by atoms with Gasteiger partial charge in [-0.2, -0.15) is 5.90 Å². The van der Waals surface area contributed by atoms with E-state index in [2.05, 4.69) is 10.7 Å². The van der Waals surface area contributed by atoms with Crippen molar-refractivity contribution in [3.05, 3.63) is 0 Å². The van der Waals surface area contributed by atoms with Gasteiger partial charge in [-0.05, 0) is 0 Å². The molecule has 0 aliphatic heterocycles. The first kappa shape index (κ1) is 16.2. The van der Waals surface area contributed by atoms with Crippen LogP contribution in [0.15, 0.2) is 0 Å². The Hall–Kier alpha value is 1.43. The van der Waals surface area contributed by atoms with Crippen LogP contribution in [0.2, 0.25) is 0 Å². The molecule has 3 nitrogen and oxygen atoms in total. The van der Waals surface area contributed by atoms with Crippen molar-refractivity contribution in [2.24, 2.45) is 5.90 Å². The average molecular weight is 137 g/mol. The molecular weight excluding hydrogens is 128 g/mol. The van der Waals surface area contributed by atoms with Gasteiger partial charge in [-0.1, -0.05) is 6.92 Å². The molecule has 0 aromatic heterocycles. The van der Waals surface area contributed by atoms with E-state index in [9.17, 15) is 4.79 Å². The summed E-state index contributed by atoms with van der Waals surface area (Å²) in [6.45, 7) is 1.68. The first-order valence-corrected chi connectivity index (χ1v) is 1.70. The summed E-state index contributed by atoms with van der Waals surface area (Å²) >= 11 is 0. The van der Waals surface area contributed by atoms with E-state index in [0.29, 0.717) is 6.42 Å². The predicted octanol–water partition coefficient (Wildman–Crippen LogP) is -5.95. The molecule has 0 aromatic carbocycles. The number of hydrogen-bond donors (Lipinski definition) is 1. The molecule has 0 amide bonds. The molecule has 8 heavy (non-hydrogen) atoms. The van der Waals surface area contributed by atoms with Gasteiger partial charge in [0.2, 0.25) is 0 Å². The van der Waals surface area contributed by atoms with Gasteiger partial charge in [0.25, 0.3) is 0 Å². The normalized spacial score (nSPS) is 5.75. The molecule has 0 aliphatic carbocycles. The summed E-state index contributed by atoms with van der Waals surface area (Å²) in [7, 11) is 0. The van der Waals surface area contributed by atoms with Crippen molar-refractivity contribution < 1.29 is 71.6 Å². The van der Waals surface area contributed by atoms with Crippen LogP contribution < -0.4 is 65.0 Å². The second-order valence-corrected chi connectivity index (χ2v) is 0.843. The summed E-state index contributed by atoms with van der Waals surface area (Å²) in [6.07, 6.45) is 0.344. The van der Waals surface area contributed by atoms with Gasteiger partial charge in [0.05, 0.1) is 0 Å². The van der Waals surface area contributed by atoms with Crippen LogP contribution in [0.1, 0.15) is 16.2 Å². The largest absolute Gasteiger partial charge is 1.00 e. The Kier molecular flexibility index (Phi) is 22.8. The SMILES string of the molecule is CCC(=O)ON.[H-].[H-].[Na+].[Na+]. The molecule has 0 saturated carbocycles. The molecule has 0 atom stereocenters. The van der Waals surface area contributed by atoms with Crippen molar-refractivity contribution in [1.82, 2.24) is 0 Å². The van der Waals surface area contributed by atoms with E-state index in [-0.39, 0.29) is 67.9 Å². The van der Waals surface area contributed by atoms with E-state index in [1.165, 1.54) is 0 Å². The molecule has 0 aliphatic rings. The number of hydrogen-bond acceptors (Lipinski definition) is 3. The average Bonchev–Trinajstić information content (AvgIpc) is 1.65. The standard InChI is InChI=1S/C3H7NO2.2Na.2H/c1-2-3(5)6-4;;;;/h2,4H2,1H3;;;;/q;2*+1;2*-1. The van der Waals surface area contributed by atoms with E-state index in [4.69, 9.17) is 0 Å². The third kappa shape index (κ3) is 10.4. The van der Waals surface area contributed by atoms with E-state index in [1.807, 2.05) is 0 Å². The Balaban J connectivity index is -0.0000000208. The van der Waals surface area contributed by atoms with Crippen LogP contribution in [0.5, 0.6) is 0 Å². The quantitative estimate of drug-likeness (QED) is 0.289. The van der Waals surface area contributed by atoms with Crippen molar-refractivity contribution in [3.8, 4) is 0 Å². The van der Waals surface area contributed by atoms with Gasteiger partial charge in [0.1, 0.15) is 0 Å². The van der Waals surface area contributed by atoms with Crippen LogP contribution in [0.3, 0.4) is 0 Å². The minimum Gasteiger partial charge on any atom is -1.00 e. The molecule has 0 unspecified atom stereocenters. The molecule has 2 N–H and O–H groups in total. The molecule has 40 valence electrons. The van der Waals surface area contributed by atoms with Crippen molar-refractivity contribution in [2.75, 3.05) is 0 Å². The van der Waals surface area contributed by atoms with Gasteiger partial charge in [-0.15, -0.1) is 0 Å². The Morgan fingerprint density at radius 2 is 2.12 bits per heavy atom. The second kappa shape index (κ2) is 11.3. The van der Waals surface area contributed by atoms with Crippen molar-refractivity contribution in [3.63, 3.8) is 0 Å². The van der Waals surface area contributed by atoms with Crippen LogP contribution >= 0.6 is 0 Å². The first-order chi connectivity index (χ1) is 2.81. The monoisotopic (exact) mass is 137 g/mol. The van der Waals surface area contributed by atoms with Gasteiger partial charge in [-0.25, -0.2) is 0 Å². The molecule has 0 saturated heterocycles. The summed E-state index contributed by atoms with van der Waals surface area (Å²) < 4.78 is 0. The summed E-state index contributed by atoms with van der Waals surface area (Å²) in [5.41, 5.74) is 0. The Morgan fingerprint density at radius 3 is 2.12 bits per heavy atom. The maximum Gasteiger partial charge on any atom is 1.00 e. The molecule has 0 radical (unpaired) electrons. The summed E-state index contributed by atoms with van der Waals surface area (Å²) in [4.78, 5) is 13.6. The zero-order valence-corrected chi connectivity index (χ0v) is 9.60. The molecule has 0 heterocycles. The Bertz CT molecular complexity index is 60.5. The van der Waals surface area contributed by atoms with Crippen LogP contribution in [0.25, 0.3) is 0 Å². The second-order valence-electron chi connectivity index (χ2n) is 0.843. The maximum absolute atomic E-state index is 9.83. The summed E-state index contributed by atoms with van der Waals surface area (Å²) in [5, 5.41) is 0. The predicted molar refractivity (Wildman–Crippen MR) is 22.8 cm³/mol. The van der Waals surface area contributed by atoms with Crippen molar-refractivity contribution in [2.45, 2.75) is 13.3 Å². The fourth-order valence-electron chi connectivity index (χ4n) is 0.0833. The molecule has 0 spiro atoms. The molecule has 0 rings (SSSR count). The zero-order chi connectivity index (χ0) is 4.99. The third-order valence-electron chi connectivity index (χ3n) is 0.420. The molecule has 0 bridgehead atoms. The topological polar surface area (TPSA) is 52.3 Å². The molecule has 0 aromatic rings. The Morgan fingerprint density at radius 1 is 1.75 bits per heavy atom. The minimum atomic E-state index is -0.380. The fourth-order valence-corrected chi connectivity index (χ4v) is 0.0833. The van der Waals surface area contributed by atoms with Gasteiger partial charge < -0.3 is 7.69 Å². The molecule has 5 heteroatoms. The van der Waals surface area contributed by atoms with Crippen molar-refractivity contribution >= 4 is 5.97 Å². The van der Waals surface area contributed by atoms with E-state index in [0.717, 1.165) is 0 Å². The third-order valence-corrected chi connectivity index (χ3v) is 0.420. The van der Waals surface area contributed by atoms with Gasteiger partial charge in [0, 0.05) is 6.42 Å². The molecule has 0 fully saturated rings. The van der Waals surface area contributed by atoms with E-state index in [1.54, 1.807) is 6.92 Å². The molecular formula is C3H9NNa2O2. The van der Waals surface area contributed by atoms with Crippen LogP contribution in [0.4, 0.5) is 0 Å². The van der Waals surface area contributed by atoms with Crippen molar-refractivity contribution in [1.29, 1.82) is 0 Å². The summed E-state index contributed by atoms with van der Waals surface area (Å²) in [6, 6.07) is 0. The zero-order valence-electron chi connectivity index (χ0n) is 7.60. The van der Waals surface area contributed by atoms with Gasteiger partial charge in [-0.3, -0.25) is 4.79 Å². The fraction of sp³-hybridized carbons (Fsp3) is 0.667. The van der Waals surface area contributed by atoms with Gasteiger partial charge in [0.15, 0.2) is 0 Å². The van der Waals surface area contributed by atoms with Crippen LogP contribution in [-0.2, 0) is 9.63 Å². The number of carbonyl (C=O) groups excluding carboxylic acids is 1. The Labute approximate surface area is 95.8 Å². The smallest absolute Gasteiger partial charge is 1.00 e. The van der Waals surface area contributed by atoms with E-state index < -0.39 is 0 Å². The minimum absolute atomic E-state index is 0. The maximum atomic E-state index is 9.83.